The average Bonchev–Trinajstić information content (AvgIpc) is 3.00. The second kappa shape index (κ2) is 14.3. The van der Waals surface area contributed by atoms with Crippen molar-refractivity contribution in [3.05, 3.63) is 59.4 Å². The molecule has 3 aliphatic rings. The Morgan fingerprint density at radius 3 is 1.79 bits per heavy atom. The summed E-state index contributed by atoms with van der Waals surface area (Å²) in [6, 6.07) is 15.2. The Morgan fingerprint density at radius 1 is 0.590 bits per heavy atom. The zero-order valence-corrected chi connectivity index (χ0v) is 25.1. The predicted octanol–water partition coefficient (Wildman–Crippen LogP) is 12.2. The van der Waals surface area contributed by atoms with E-state index in [9.17, 15) is 0 Å². The number of hydrogen-bond acceptors (Lipinski definition) is 0. The lowest BCUT2D eigenvalue weighted by molar-refractivity contribution is 0.155. The maximum absolute atomic E-state index is 15.2. The van der Waals surface area contributed by atoms with Gasteiger partial charge in [0.2, 0.25) is 0 Å². The zero-order valence-electron chi connectivity index (χ0n) is 25.1. The molecular weight excluding hydrogens is 475 g/mol. The molecule has 1 heteroatoms. The van der Waals surface area contributed by atoms with E-state index in [1.807, 2.05) is 0 Å². The highest BCUT2D eigenvalue weighted by Crippen LogP contribution is 2.45. The van der Waals surface area contributed by atoms with Crippen LogP contribution in [-0.4, -0.2) is 0 Å². The van der Waals surface area contributed by atoms with E-state index in [1.165, 1.54) is 108 Å². The maximum atomic E-state index is 15.2. The monoisotopic (exact) mass is 530 g/mol. The average molecular weight is 531 g/mol. The van der Waals surface area contributed by atoms with Gasteiger partial charge < -0.3 is 0 Å². The molecule has 0 radical (unpaired) electrons. The van der Waals surface area contributed by atoms with Crippen molar-refractivity contribution in [1.29, 1.82) is 0 Å². The zero-order chi connectivity index (χ0) is 27.0. The molecule has 0 heterocycles. The van der Waals surface area contributed by atoms with Crippen LogP contribution in [-0.2, 0) is 0 Å². The lowest BCUT2D eigenvalue weighted by atomic mass is 9.68. The van der Waals surface area contributed by atoms with Gasteiger partial charge in [-0.05, 0) is 128 Å². The highest BCUT2D eigenvalue weighted by molar-refractivity contribution is 5.64. The molecule has 0 unspecified atom stereocenters. The highest BCUT2D eigenvalue weighted by Gasteiger charge is 2.31. The van der Waals surface area contributed by atoms with Gasteiger partial charge in [0.25, 0.3) is 0 Å². The first-order chi connectivity index (χ1) is 19.1. The standard InChI is InChI=1S/C38H55F/c1-3-5-6-7-8-29-11-13-30(14-12-29)31-17-19-32(20-18-31)33-21-23-34(24-22-33)36-25-26-37(38(39)27-36)35-15-9-28(4-2)10-16-35/h21-32,35H,3-20H2,1-2H3. The summed E-state index contributed by atoms with van der Waals surface area (Å²) in [4.78, 5) is 0. The van der Waals surface area contributed by atoms with Crippen LogP contribution in [0.25, 0.3) is 11.1 Å². The van der Waals surface area contributed by atoms with E-state index in [-0.39, 0.29) is 5.82 Å². The predicted molar refractivity (Wildman–Crippen MR) is 166 cm³/mol. The van der Waals surface area contributed by atoms with Gasteiger partial charge in [-0.25, -0.2) is 4.39 Å². The van der Waals surface area contributed by atoms with Gasteiger partial charge in [-0.1, -0.05) is 102 Å². The minimum atomic E-state index is 0.000346. The normalized spacial score (nSPS) is 29.8. The molecule has 0 N–H and O–H groups in total. The van der Waals surface area contributed by atoms with Gasteiger partial charge in [0.1, 0.15) is 5.82 Å². The molecule has 39 heavy (non-hydrogen) atoms. The van der Waals surface area contributed by atoms with E-state index in [1.54, 1.807) is 6.07 Å². The molecule has 0 aromatic heterocycles. The fourth-order valence-corrected chi connectivity index (χ4v) is 8.60. The molecule has 5 rings (SSSR count). The van der Waals surface area contributed by atoms with Crippen LogP contribution in [0.3, 0.4) is 0 Å². The van der Waals surface area contributed by atoms with Crippen molar-refractivity contribution in [2.75, 3.05) is 0 Å². The topological polar surface area (TPSA) is 0 Å². The third kappa shape index (κ3) is 7.56. The first kappa shape index (κ1) is 28.9. The van der Waals surface area contributed by atoms with Gasteiger partial charge >= 0.3 is 0 Å². The first-order valence-electron chi connectivity index (χ1n) is 17.0. The van der Waals surface area contributed by atoms with Crippen molar-refractivity contribution in [1.82, 2.24) is 0 Å². The molecule has 0 spiro atoms. The molecule has 0 aliphatic heterocycles. The molecule has 3 aliphatic carbocycles. The van der Waals surface area contributed by atoms with Crippen LogP contribution >= 0.6 is 0 Å². The minimum Gasteiger partial charge on any atom is -0.207 e. The summed E-state index contributed by atoms with van der Waals surface area (Å²) in [6.07, 6.45) is 24.8. The third-order valence-electron chi connectivity index (χ3n) is 11.4. The molecular formula is C38H55F. The van der Waals surface area contributed by atoms with Crippen molar-refractivity contribution < 1.29 is 4.39 Å². The fraction of sp³-hybridized carbons (Fsp3) is 0.684. The van der Waals surface area contributed by atoms with Crippen LogP contribution in [0.15, 0.2) is 42.5 Å². The molecule has 3 fully saturated rings. The molecule has 0 bridgehead atoms. The van der Waals surface area contributed by atoms with Crippen LogP contribution in [0.1, 0.15) is 152 Å². The van der Waals surface area contributed by atoms with Gasteiger partial charge in [-0.3, -0.25) is 0 Å². The van der Waals surface area contributed by atoms with Crippen molar-refractivity contribution >= 4 is 0 Å². The lowest BCUT2D eigenvalue weighted by Gasteiger charge is -2.38. The summed E-state index contributed by atoms with van der Waals surface area (Å²) in [5.41, 5.74) is 4.62. The summed E-state index contributed by atoms with van der Waals surface area (Å²) in [6.45, 7) is 4.60. The molecule has 0 atom stereocenters. The first-order valence-corrected chi connectivity index (χ1v) is 17.0. The Balaban J connectivity index is 1.09. The van der Waals surface area contributed by atoms with Crippen molar-refractivity contribution in [3.8, 4) is 11.1 Å². The fourth-order valence-electron chi connectivity index (χ4n) is 8.60. The Hall–Kier alpha value is -1.63. The Morgan fingerprint density at radius 2 is 1.18 bits per heavy atom. The molecule has 0 nitrogen and oxygen atoms in total. The van der Waals surface area contributed by atoms with Crippen LogP contribution < -0.4 is 0 Å². The van der Waals surface area contributed by atoms with Gasteiger partial charge in [0.15, 0.2) is 0 Å². The lowest BCUT2D eigenvalue weighted by Crippen LogP contribution is -2.25. The van der Waals surface area contributed by atoms with Gasteiger partial charge in [0, 0.05) is 0 Å². The van der Waals surface area contributed by atoms with Crippen molar-refractivity contribution in [3.63, 3.8) is 0 Å². The summed E-state index contributed by atoms with van der Waals surface area (Å²) >= 11 is 0. The van der Waals surface area contributed by atoms with Crippen molar-refractivity contribution in [2.24, 2.45) is 23.7 Å². The van der Waals surface area contributed by atoms with E-state index in [0.717, 1.165) is 53.2 Å². The second-order valence-corrected chi connectivity index (χ2v) is 13.7. The number of unbranched alkanes of at least 4 members (excludes halogenated alkanes) is 3. The van der Waals surface area contributed by atoms with Gasteiger partial charge in [0.05, 0.1) is 0 Å². The highest BCUT2D eigenvalue weighted by atomic mass is 19.1. The summed E-state index contributed by atoms with van der Waals surface area (Å²) < 4.78 is 15.2. The van der Waals surface area contributed by atoms with Crippen LogP contribution in [0.5, 0.6) is 0 Å². The van der Waals surface area contributed by atoms with E-state index in [0.29, 0.717) is 11.8 Å². The Bertz CT molecular complexity index is 982. The van der Waals surface area contributed by atoms with E-state index >= 15 is 4.39 Å². The quantitative estimate of drug-likeness (QED) is 0.268. The molecule has 214 valence electrons. The maximum Gasteiger partial charge on any atom is 0.127 e. The molecule has 2 aromatic rings. The minimum absolute atomic E-state index is 0.000346. The SMILES string of the molecule is CCCCCCC1CCC(C2CCC(c3ccc(-c4ccc(C5CCC(CC)CC5)c(F)c4)cc3)CC2)CC1. The summed E-state index contributed by atoms with van der Waals surface area (Å²) in [7, 11) is 0. The summed E-state index contributed by atoms with van der Waals surface area (Å²) in [5, 5.41) is 0. The van der Waals surface area contributed by atoms with Crippen molar-refractivity contribution in [2.45, 2.75) is 141 Å². The third-order valence-corrected chi connectivity index (χ3v) is 11.4. The number of hydrogen-bond donors (Lipinski definition) is 0. The van der Waals surface area contributed by atoms with Crippen LogP contribution in [0.2, 0.25) is 0 Å². The number of benzene rings is 2. The molecule has 0 saturated heterocycles. The molecule has 2 aromatic carbocycles. The number of rotatable bonds is 10. The van der Waals surface area contributed by atoms with Gasteiger partial charge in [-0.15, -0.1) is 0 Å². The molecule has 3 saturated carbocycles. The number of halogens is 1. The Labute approximate surface area is 239 Å². The largest absolute Gasteiger partial charge is 0.207 e. The molecule has 0 amide bonds. The Kier molecular flexibility index (Phi) is 10.6. The van der Waals surface area contributed by atoms with E-state index < -0.39 is 0 Å². The summed E-state index contributed by atoms with van der Waals surface area (Å²) in [5.74, 6) is 4.97. The van der Waals surface area contributed by atoms with Crippen LogP contribution in [0.4, 0.5) is 4.39 Å². The van der Waals surface area contributed by atoms with Crippen LogP contribution in [0, 0.1) is 29.5 Å². The van der Waals surface area contributed by atoms with E-state index in [2.05, 4.69) is 50.2 Å². The van der Waals surface area contributed by atoms with E-state index in [4.69, 9.17) is 0 Å². The smallest absolute Gasteiger partial charge is 0.127 e. The second-order valence-electron chi connectivity index (χ2n) is 13.7. The van der Waals surface area contributed by atoms with Gasteiger partial charge in [-0.2, -0.15) is 0 Å².